The third-order valence-electron chi connectivity index (χ3n) is 5.20. The summed E-state index contributed by atoms with van der Waals surface area (Å²) >= 11 is 0. The summed E-state index contributed by atoms with van der Waals surface area (Å²) in [5.41, 5.74) is -0.333. The van der Waals surface area contributed by atoms with Gasteiger partial charge in [-0.2, -0.15) is 0 Å². The van der Waals surface area contributed by atoms with E-state index in [1.165, 1.54) is 19.2 Å². The van der Waals surface area contributed by atoms with Gasteiger partial charge in [0.2, 0.25) is 0 Å². The van der Waals surface area contributed by atoms with Gasteiger partial charge >= 0.3 is 0 Å². The van der Waals surface area contributed by atoms with Crippen LogP contribution in [0.25, 0.3) is 10.9 Å². The number of halogens is 3. The maximum absolute atomic E-state index is 14.1. The molecule has 5 atom stereocenters. The molecule has 0 aliphatic heterocycles. The number of methoxy groups -OCH3 is 1. The second-order valence-corrected chi connectivity index (χ2v) is 7.35. The zero-order valence-corrected chi connectivity index (χ0v) is 17.6. The molecule has 0 amide bonds. The Labute approximate surface area is 190 Å². The molecular weight excluding hydrogens is 463 g/mol. The molecule has 0 saturated carbocycles. The van der Waals surface area contributed by atoms with Crippen LogP contribution in [0.15, 0.2) is 30.6 Å². The van der Waals surface area contributed by atoms with E-state index in [1.54, 1.807) is 0 Å². The maximum atomic E-state index is 14.1. The summed E-state index contributed by atoms with van der Waals surface area (Å²) in [6.07, 6.45) is -8.57. The lowest BCUT2D eigenvalue weighted by Crippen LogP contribution is -2.47. The standard InChI is InChI=1S/C21H22F3N3O7/c1-34-14-5-8-12(4-9(14)17(30)19(32)20(33)18(31)13(29)6-28)25-7-26-21(8)27-11-3-2-10(22)15(23)16(11)24/h2-5,7,13,17-20,28-33H,6H2,1H3,(H,25,26,27)/t13-,17?,18+,19-,20-/m1/s1. The van der Waals surface area contributed by atoms with E-state index in [4.69, 9.17) is 9.84 Å². The third kappa shape index (κ3) is 4.89. The minimum absolute atomic E-state index is 0.0173. The molecule has 1 unspecified atom stereocenters. The first-order valence-corrected chi connectivity index (χ1v) is 9.85. The average molecular weight is 485 g/mol. The molecule has 0 bridgehead atoms. The number of ether oxygens (including phenoxy) is 1. The quantitative estimate of drug-likeness (QED) is 0.209. The topological polar surface area (TPSA) is 168 Å². The molecule has 184 valence electrons. The number of nitrogens with zero attached hydrogens (tertiary/aromatic N) is 2. The van der Waals surface area contributed by atoms with Crippen molar-refractivity contribution in [2.45, 2.75) is 30.5 Å². The minimum atomic E-state index is -2.04. The first kappa shape index (κ1) is 25.6. The number of hydrogen-bond donors (Lipinski definition) is 7. The molecule has 13 heteroatoms. The Hall–Kier alpha value is -3.07. The van der Waals surface area contributed by atoms with Crippen molar-refractivity contribution in [2.24, 2.45) is 0 Å². The van der Waals surface area contributed by atoms with E-state index in [-0.39, 0.29) is 28.0 Å². The van der Waals surface area contributed by atoms with Crippen molar-refractivity contribution in [3.05, 3.63) is 53.6 Å². The molecule has 10 nitrogen and oxygen atoms in total. The van der Waals surface area contributed by atoms with Crippen LogP contribution in [0.2, 0.25) is 0 Å². The van der Waals surface area contributed by atoms with Crippen molar-refractivity contribution in [1.82, 2.24) is 9.97 Å². The fraction of sp³-hybridized carbons (Fsp3) is 0.333. The molecule has 34 heavy (non-hydrogen) atoms. The molecule has 2 aromatic carbocycles. The molecule has 1 aromatic heterocycles. The van der Waals surface area contributed by atoms with E-state index in [1.807, 2.05) is 0 Å². The summed E-state index contributed by atoms with van der Waals surface area (Å²) in [6.45, 7) is -0.897. The largest absolute Gasteiger partial charge is 0.496 e. The second-order valence-electron chi connectivity index (χ2n) is 7.35. The van der Waals surface area contributed by atoms with Gasteiger partial charge in [-0.15, -0.1) is 0 Å². The number of aromatic nitrogens is 2. The SMILES string of the molecule is COc1cc2c(Nc3ccc(F)c(F)c3F)ncnc2cc1C(O)[C@@H](O)[C@H](O)[C@@H](O)[C@H](O)CO. The zero-order chi connectivity index (χ0) is 25.2. The van der Waals surface area contributed by atoms with Gasteiger partial charge in [0.05, 0.1) is 24.9 Å². The van der Waals surface area contributed by atoms with Gasteiger partial charge in [-0.3, -0.25) is 0 Å². The Kier molecular flexibility index (Phi) is 7.86. The van der Waals surface area contributed by atoms with E-state index in [9.17, 15) is 38.7 Å². The van der Waals surface area contributed by atoms with E-state index < -0.39 is 60.3 Å². The molecule has 0 aliphatic rings. The number of nitrogens with one attached hydrogen (secondary N) is 1. The van der Waals surface area contributed by atoms with Crippen LogP contribution in [0.5, 0.6) is 5.75 Å². The summed E-state index contributed by atoms with van der Waals surface area (Å²) in [4.78, 5) is 7.99. The van der Waals surface area contributed by atoms with Crippen LogP contribution in [-0.2, 0) is 0 Å². The van der Waals surface area contributed by atoms with Crippen molar-refractivity contribution in [2.75, 3.05) is 19.0 Å². The molecule has 7 N–H and O–H groups in total. The fourth-order valence-electron chi connectivity index (χ4n) is 3.27. The van der Waals surface area contributed by atoms with E-state index >= 15 is 0 Å². The predicted octanol–water partition coefficient (Wildman–Crippen LogP) is 0.269. The van der Waals surface area contributed by atoms with Gasteiger partial charge < -0.3 is 40.7 Å². The number of aliphatic hydroxyl groups excluding tert-OH is 6. The van der Waals surface area contributed by atoms with Crippen LogP contribution >= 0.6 is 0 Å². The normalized spacial score (nSPS) is 16.1. The number of fused-ring (bicyclic) bond motifs is 1. The first-order valence-electron chi connectivity index (χ1n) is 9.85. The third-order valence-corrected chi connectivity index (χ3v) is 5.20. The molecular formula is C21H22F3N3O7. The van der Waals surface area contributed by atoms with Crippen molar-refractivity contribution in [3.63, 3.8) is 0 Å². The number of rotatable bonds is 9. The molecule has 3 aromatic rings. The zero-order valence-electron chi connectivity index (χ0n) is 17.6. The Bertz CT molecular complexity index is 1170. The van der Waals surface area contributed by atoms with Crippen molar-refractivity contribution < 1.29 is 48.5 Å². The highest BCUT2D eigenvalue weighted by molar-refractivity contribution is 5.92. The molecule has 0 fully saturated rings. The molecule has 0 saturated heterocycles. The molecule has 1 heterocycles. The highest BCUT2D eigenvalue weighted by Gasteiger charge is 2.36. The van der Waals surface area contributed by atoms with Crippen molar-refractivity contribution in [1.29, 1.82) is 0 Å². The van der Waals surface area contributed by atoms with Crippen LogP contribution in [0.3, 0.4) is 0 Å². The van der Waals surface area contributed by atoms with Crippen molar-refractivity contribution >= 4 is 22.4 Å². The van der Waals surface area contributed by atoms with E-state index in [0.717, 1.165) is 18.5 Å². The van der Waals surface area contributed by atoms with E-state index in [2.05, 4.69) is 15.3 Å². The summed E-state index contributed by atoms with van der Waals surface area (Å²) < 4.78 is 46.1. The van der Waals surface area contributed by atoms with Crippen LogP contribution in [0.1, 0.15) is 11.7 Å². The fourth-order valence-corrected chi connectivity index (χ4v) is 3.27. The van der Waals surface area contributed by atoms with Gasteiger partial charge in [-0.25, -0.2) is 23.1 Å². The smallest absolute Gasteiger partial charge is 0.196 e. The lowest BCUT2D eigenvalue weighted by molar-refractivity contribution is -0.141. The first-order chi connectivity index (χ1) is 16.1. The average Bonchev–Trinajstić information content (AvgIpc) is 2.85. The van der Waals surface area contributed by atoms with Gasteiger partial charge in [-0.1, -0.05) is 0 Å². The Morgan fingerprint density at radius 2 is 1.65 bits per heavy atom. The number of benzene rings is 2. The summed E-state index contributed by atoms with van der Waals surface area (Å²) in [6, 6.07) is 4.28. The van der Waals surface area contributed by atoms with Crippen LogP contribution in [0, 0.1) is 17.5 Å². The van der Waals surface area contributed by atoms with Gasteiger partial charge in [0.25, 0.3) is 0 Å². The van der Waals surface area contributed by atoms with Crippen LogP contribution in [-0.4, -0.2) is 78.7 Å². The van der Waals surface area contributed by atoms with Crippen LogP contribution < -0.4 is 10.1 Å². The Morgan fingerprint density at radius 3 is 2.29 bits per heavy atom. The number of aliphatic hydroxyl groups is 6. The highest BCUT2D eigenvalue weighted by atomic mass is 19.2. The molecule has 0 aliphatic carbocycles. The summed E-state index contributed by atoms with van der Waals surface area (Å²) in [5.74, 6) is -4.56. The molecule has 3 rings (SSSR count). The number of anilines is 2. The Balaban J connectivity index is 2.00. The van der Waals surface area contributed by atoms with Gasteiger partial charge in [0.15, 0.2) is 17.5 Å². The highest BCUT2D eigenvalue weighted by Crippen LogP contribution is 2.35. The van der Waals surface area contributed by atoms with Gasteiger partial charge in [-0.05, 0) is 24.3 Å². The summed E-state index contributed by atoms with van der Waals surface area (Å²) in [5, 5.41) is 61.9. The predicted molar refractivity (Wildman–Crippen MR) is 112 cm³/mol. The number of hydrogen-bond acceptors (Lipinski definition) is 10. The Morgan fingerprint density at radius 1 is 0.941 bits per heavy atom. The van der Waals surface area contributed by atoms with Gasteiger partial charge in [0.1, 0.15) is 48.4 Å². The monoisotopic (exact) mass is 485 g/mol. The molecule has 0 radical (unpaired) electrons. The van der Waals surface area contributed by atoms with E-state index in [0.29, 0.717) is 0 Å². The van der Waals surface area contributed by atoms with Gasteiger partial charge in [0, 0.05) is 10.9 Å². The summed E-state index contributed by atoms with van der Waals surface area (Å²) in [7, 11) is 1.23. The van der Waals surface area contributed by atoms with Crippen LogP contribution in [0.4, 0.5) is 24.7 Å². The molecule has 0 spiro atoms. The minimum Gasteiger partial charge on any atom is -0.496 e. The second kappa shape index (κ2) is 10.5. The van der Waals surface area contributed by atoms with Crippen molar-refractivity contribution in [3.8, 4) is 5.75 Å². The lowest BCUT2D eigenvalue weighted by atomic mass is 9.94. The lowest BCUT2D eigenvalue weighted by Gasteiger charge is -2.29. The maximum Gasteiger partial charge on any atom is 0.196 e.